The maximum Gasteiger partial charge on any atom is 0.0167 e. The fourth-order valence-corrected chi connectivity index (χ4v) is 3.67. The molecule has 0 bridgehead atoms. The molecule has 16 heavy (non-hydrogen) atoms. The Morgan fingerprint density at radius 2 is 2.12 bits per heavy atom. The molecule has 0 aromatic carbocycles. The van der Waals surface area contributed by atoms with E-state index >= 15 is 0 Å². The van der Waals surface area contributed by atoms with Gasteiger partial charge in [0, 0.05) is 23.5 Å². The lowest BCUT2D eigenvalue weighted by molar-refractivity contribution is 0.544. The zero-order valence-corrected chi connectivity index (χ0v) is 11.5. The Kier molecular flexibility index (Phi) is 7.80. The number of rotatable bonds is 7. The van der Waals surface area contributed by atoms with Crippen LogP contribution in [0, 0.1) is 11.8 Å². The Balaban J connectivity index is 2.16. The molecule has 0 aromatic heterocycles. The highest BCUT2D eigenvalue weighted by Gasteiger charge is 2.17. The standard InChI is InChI=1S/C14H25NS/c1-3-5-6-9-13(15-4-2)12-16-14-10-7-8-11-14/h13-15H,4,6-12H2,1-2H3. The summed E-state index contributed by atoms with van der Waals surface area (Å²) in [6.07, 6.45) is 8.03. The van der Waals surface area contributed by atoms with E-state index in [1.54, 1.807) is 0 Å². The van der Waals surface area contributed by atoms with Crippen LogP contribution in [0.25, 0.3) is 0 Å². The van der Waals surface area contributed by atoms with Crippen LogP contribution in [0.3, 0.4) is 0 Å². The molecule has 2 heteroatoms. The first-order chi connectivity index (χ1) is 7.86. The predicted octanol–water partition coefficient (Wildman–Crippen LogP) is 3.44. The summed E-state index contributed by atoms with van der Waals surface area (Å²) in [5.74, 6) is 7.41. The van der Waals surface area contributed by atoms with Crippen LogP contribution in [0.2, 0.25) is 0 Å². The van der Waals surface area contributed by atoms with Gasteiger partial charge in [0.25, 0.3) is 0 Å². The second kappa shape index (κ2) is 8.96. The van der Waals surface area contributed by atoms with Crippen LogP contribution in [0.15, 0.2) is 0 Å². The van der Waals surface area contributed by atoms with Crippen LogP contribution in [-0.4, -0.2) is 23.6 Å². The summed E-state index contributed by atoms with van der Waals surface area (Å²) in [5, 5.41) is 4.52. The summed E-state index contributed by atoms with van der Waals surface area (Å²) < 4.78 is 0. The summed E-state index contributed by atoms with van der Waals surface area (Å²) in [4.78, 5) is 0. The monoisotopic (exact) mass is 239 g/mol. The molecule has 0 aromatic rings. The molecule has 0 spiro atoms. The number of hydrogen-bond acceptors (Lipinski definition) is 2. The Labute approximate surface area is 105 Å². The fraction of sp³-hybridized carbons (Fsp3) is 0.857. The van der Waals surface area contributed by atoms with E-state index in [0.717, 1.165) is 18.2 Å². The van der Waals surface area contributed by atoms with Gasteiger partial charge < -0.3 is 5.32 Å². The van der Waals surface area contributed by atoms with Gasteiger partial charge in [-0.05, 0) is 32.7 Å². The SMILES string of the molecule is CC#CCCC(CSC1CCCC1)NCC. The highest BCUT2D eigenvalue weighted by Crippen LogP contribution is 2.30. The maximum atomic E-state index is 3.58. The van der Waals surface area contributed by atoms with Crippen LogP contribution in [0.1, 0.15) is 52.4 Å². The quantitative estimate of drug-likeness (QED) is 0.683. The first-order valence-electron chi connectivity index (χ1n) is 6.61. The number of nitrogens with one attached hydrogen (secondary N) is 1. The third kappa shape index (κ3) is 5.82. The van der Waals surface area contributed by atoms with E-state index < -0.39 is 0 Å². The minimum atomic E-state index is 0.663. The van der Waals surface area contributed by atoms with Gasteiger partial charge in [-0.3, -0.25) is 0 Å². The largest absolute Gasteiger partial charge is 0.313 e. The predicted molar refractivity (Wildman–Crippen MR) is 74.9 cm³/mol. The summed E-state index contributed by atoms with van der Waals surface area (Å²) in [5.41, 5.74) is 0. The van der Waals surface area contributed by atoms with Crippen LogP contribution >= 0.6 is 11.8 Å². The molecule has 0 amide bonds. The molecule has 1 N–H and O–H groups in total. The van der Waals surface area contributed by atoms with Crippen molar-refractivity contribution in [2.75, 3.05) is 12.3 Å². The van der Waals surface area contributed by atoms with Gasteiger partial charge in [0.05, 0.1) is 0 Å². The average Bonchev–Trinajstić information content (AvgIpc) is 2.79. The highest BCUT2D eigenvalue weighted by molar-refractivity contribution is 7.99. The molecular formula is C14H25NS. The molecule has 0 heterocycles. The first kappa shape index (κ1) is 13.9. The molecule has 0 saturated heterocycles. The topological polar surface area (TPSA) is 12.0 Å². The van der Waals surface area contributed by atoms with Crippen molar-refractivity contribution >= 4 is 11.8 Å². The summed E-state index contributed by atoms with van der Waals surface area (Å²) in [6, 6.07) is 0.663. The molecule has 1 fully saturated rings. The molecular weight excluding hydrogens is 214 g/mol. The van der Waals surface area contributed by atoms with E-state index in [2.05, 4.69) is 35.8 Å². The lowest BCUT2D eigenvalue weighted by Crippen LogP contribution is -2.31. The van der Waals surface area contributed by atoms with Gasteiger partial charge >= 0.3 is 0 Å². The molecule has 0 radical (unpaired) electrons. The van der Waals surface area contributed by atoms with Crippen molar-refractivity contribution in [2.45, 2.75) is 63.7 Å². The Bertz CT molecular complexity index is 223. The second-order valence-electron chi connectivity index (χ2n) is 4.46. The van der Waals surface area contributed by atoms with Crippen molar-refractivity contribution in [3.63, 3.8) is 0 Å². The zero-order valence-electron chi connectivity index (χ0n) is 10.7. The van der Waals surface area contributed by atoms with Crippen molar-refractivity contribution < 1.29 is 0 Å². The van der Waals surface area contributed by atoms with Gasteiger partial charge in [0.15, 0.2) is 0 Å². The Hall–Kier alpha value is -0.130. The zero-order chi connectivity index (χ0) is 11.6. The molecule has 1 aliphatic rings. The van der Waals surface area contributed by atoms with Gasteiger partial charge in [-0.1, -0.05) is 19.8 Å². The van der Waals surface area contributed by atoms with Gasteiger partial charge in [-0.15, -0.1) is 11.8 Å². The molecule has 1 rings (SSSR count). The molecule has 1 saturated carbocycles. The van der Waals surface area contributed by atoms with Gasteiger partial charge in [-0.25, -0.2) is 0 Å². The first-order valence-corrected chi connectivity index (χ1v) is 7.66. The molecule has 0 aliphatic heterocycles. The van der Waals surface area contributed by atoms with Gasteiger partial charge in [0.2, 0.25) is 0 Å². The molecule has 1 nitrogen and oxygen atoms in total. The number of thioether (sulfide) groups is 1. The van der Waals surface area contributed by atoms with Crippen molar-refractivity contribution in [3.8, 4) is 11.8 Å². The molecule has 1 atom stereocenters. The lowest BCUT2D eigenvalue weighted by atomic mass is 10.2. The van der Waals surface area contributed by atoms with E-state index in [0.29, 0.717) is 6.04 Å². The van der Waals surface area contributed by atoms with Gasteiger partial charge in [0.1, 0.15) is 0 Å². The van der Waals surface area contributed by atoms with Crippen LogP contribution in [0.5, 0.6) is 0 Å². The molecule has 92 valence electrons. The summed E-state index contributed by atoms with van der Waals surface area (Å²) in [6.45, 7) is 5.20. The fourth-order valence-electron chi connectivity index (χ4n) is 2.21. The van der Waals surface area contributed by atoms with Crippen LogP contribution in [0.4, 0.5) is 0 Å². The molecule has 1 unspecified atom stereocenters. The van der Waals surface area contributed by atoms with Crippen molar-refractivity contribution in [1.29, 1.82) is 0 Å². The third-order valence-corrected chi connectivity index (χ3v) is 4.66. The molecule has 1 aliphatic carbocycles. The van der Waals surface area contributed by atoms with E-state index in [-0.39, 0.29) is 0 Å². The Morgan fingerprint density at radius 1 is 1.38 bits per heavy atom. The average molecular weight is 239 g/mol. The van der Waals surface area contributed by atoms with Gasteiger partial charge in [-0.2, -0.15) is 11.8 Å². The smallest absolute Gasteiger partial charge is 0.0167 e. The van der Waals surface area contributed by atoms with Crippen molar-refractivity contribution in [3.05, 3.63) is 0 Å². The minimum Gasteiger partial charge on any atom is -0.313 e. The lowest BCUT2D eigenvalue weighted by Gasteiger charge is -2.18. The van der Waals surface area contributed by atoms with Crippen molar-refractivity contribution in [2.24, 2.45) is 0 Å². The second-order valence-corrected chi connectivity index (χ2v) is 5.79. The Morgan fingerprint density at radius 3 is 2.75 bits per heavy atom. The van der Waals surface area contributed by atoms with E-state index in [9.17, 15) is 0 Å². The minimum absolute atomic E-state index is 0.663. The number of hydrogen-bond donors (Lipinski definition) is 1. The van der Waals surface area contributed by atoms with Crippen LogP contribution < -0.4 is 5.32 Å². The highest BCUT2D eigenvalue weighted by atomic mass is 32.2. The van der Waals surface area contributed by atoms with E-state index in [1.165, 1.54) is 37.9 Å². The summed E-state index contributed by atoms with van der Waals surface area (Å²) >= 11 is 2.18. The normalized spacial score (nSPS) is 18.1. The summed E-state index contributed by atoms with van der Waals surface area (Å²) in [7, 11) is 0. The van der Waals surface area contributed by atoms with E-state index in [1.807, 2.05) is 6.92 Å². The third-order valence-electron chi connectivity index (χ3n) is 3.12. The maximum absolute atomic E-state index is 3.58. The van der Waals surface area contributed by atoms with Crippen LogP contribution in [-0.2, 0) is 0 Å². The van der Waals surface area contributed by atoms with Crippen molar-refractivity contribution in [1.82, 2.24) is 5.32 Å². The van der Waals surface area contributed by atoms with E-state index in [4.69, 9.17) is 0 Å².